The van der Waals surface area contributed by atoms with Crippen LogP contribution in [0.25, 0.3) is 10.1 Å². The van der Waals surface area contributed by atoms with E-state index in [0.29, 0.717) is 71.4 Å². The van der Waals surface area contributed by atoms with Gasteiger partial charge in [-0.25, -0.2) is 8.42 Å². The third kappa shape index (κ3) is 6.59. The molecule has 0 atom stereocenters. The normalized spacial score (nSPS) is 12.9. The molecule has 3 N–H and O–H groups in total. The first-order chi connectivity index (χ1) is 16.0. The second-order valence-corrected chi connectivity index (χ2v) is 13.3. The summed E-state index contributed by atoms with van der Waals surface area (Å²) >= 11 is 12.5. The van der Waals surface area contributed by atoms with Gasteiger partial charge in [-0.05, 0) is 43.7 Å². The molecule has 0 saturated carbocycles. The Bertz CT molecular complexity index is 1110. The van der Waals surface area contributed by atoms with Crippen LogP contribution in [0.5, 0.6) is 11.5 Å². The quantitative estimate of drug-likeness (QED) is 0.146. The summed E-state index contributed by atoms with van der Waals surface area (Å²) in [5, 5.41) is -1.19. The number of benzene rings is 1. The topological polar surface area (TPSA) is 122 Å². The van der Waals surface area contributed by atoms with Crippen molar-refractivity contribution in [3.05, 3.63) is 17.7 Å². The number of sulfonamides is 1. The van der Waals surface area contributed by atoms with E-state index < -0.39 is 22.9 Å². The number of hydrogen-bond donors (Lipinski definition) is 3. The Kier molecular flexibility index (Phi) is 11.0. The average Bonchev–Trinajstić information content (AvgIpc) is 3.15. The Morgan fingerprint density at radius 3 is 2.00 bits per heavy atom. The summed E-state index contributed by atoms with van der Waals surface area (Å²) in [5.41, 5.74) is 0.550. The lowest BCUT2D eigenvalue weighted by Gasteiger charge is -2.32. The number of ether oxygens (including phenoxy) is 2. The Balaban J connectivity index is 2.61. The second-order valence-electron chi connectivity index (χ2n) is 7.69. The van der Waals surface area contributed by atoms with Crippen LogP contribution in [0, 0.1) is 0 Å². The zero-order chi connectivity index (χ0) is 25.6. The molecule has 0 radical (unpaired) electrons. The van der Waals surface area contributed by atoms with Crippen LogP contribution in [0.1, 0.15) is 52.0 Å². The van der Waals surface area contributed by atoms with Gasteiger partial charge in [0.25, 0.3) is 10.0 Å². The molecule has 0 saturated heterocycles. The van der Waals surface area contributed by atoms with Crippen LogP contribution < -0.4 is 14.2 Å². The number of thiophene rings is 1. The summed E-state index contributed by atoms with van der Waals surface area (Å²) in [7, 11) is -9.01. The van der Waals surface area contributed by atoms with Crippen LogP contribution >= 0.6 is 42.1 Å². The summed E-state index contributed by atoms with van der Waals surface area (Å²) in [6, 6.07) is 3.49. The summed E-state index contributed by atoms with van der Waals surface area (Å²) in [4.78, 5) is 19.8. The summed E-state index contributed by atoms with van der Waals surface area (Å²) < 4.78 is 53.8. The number of fused-ring (bicyclic) bond motifs is 1. The second kappa shape index (κ2) is 12.6. The fourth-order valence-corrected chi connectivity index (χ4v) is 8.75. The number of alkyl halides is 2. The highest BCUT2D eigenvalue weighted by Crippen LogP contribution is 2.53. The fraction of sp³-hybridized carbons (Fsp3) is 0.619. The first-order valence-electron chi connectivity index (χ1n) is 11.1. The number of rotatable bonds is 15. The molecule has 8 nitrogen and oxygen atoms in total. The average molecular weight is 577 g/mol. The van der Waals surface area contributed by atoms with Crippen molar-refractivity contribution in [2.45, 2.75) is 62.4 Å². The molecule has 0 aliphatic rings. The van der Waals surface area contributed by atoms with Gasteiger partial charge in [0, 0.05) is 27.9 Å². The molecule has 0 aliphatic heterocycles. The van der Waals surface area contributed by atoms with E-state index in [9.17, 15) is 22.8 Å². The number of nitrogens with one attached hydrogen (secondary N) is 1. The molecule has 0 bridgehead atoms. The smallest absolute Gasteiger partial charge is 0.346 e. The van der Waals surface area contributed by atoms with Crippen molar-refractivity contribution in [3.8, 4) is 11.5 Å². The van der Waals surface area contributed by atoms with E-state index in [-0.39, 0.29) is 17.1 Å². The Labute approximate surface area is 215 Å². The molecular weight excluding hydrogens is 544 g/mol. The van der Waals surface area contributed by atoms with Crippen molar-refractivity contribution < 1.29 is 32.2 Å². The van der Waals surface area contributed by atoms with Crippen molar-refractivity contribution in [1.29, 1.82) is 0 Å². The van der Waals surface area contributed by atoms with E-state index in [2.05, 4.69) is 4.72 Å². The molecule has 0 aliphatic carbocycles. The van der Waals surface area contributed by atoms with Gasteiger partial charge >= 0.3 is 7.60 Å². The van der Waals surface area contributed by atoms with Crippen molar-refractivity contribution in [1.82, 2.24) is 4.72 Å². The number of halogens is 2. The molecule has 2 rings (SSSR count). The Hall–Kier alpha value is -0.580. The van der Waals surface area contributed by atoms with Gasteiger partial charge in [0.05, 0.1) is 13.2 Å². The largest absolute Gasteiger partial charge is 0.490 e. The van der Waals surface area contributed by atoms with Crippen molar-refractivity contribution in [3.63, 3.8) is 0 Å². The maximum absolute atomic E-state index is 13.4. The lowest BCUT2D eigenvalue weighted by Crippen LogP contribution is -2.47. The van der Waals surface area contributed by atoms with E-state index in [1.165, 1.54) is 0 Å². The van der Waals surface area contributed by atoms with E-state index in [0.717, 1.165) is 11.3 Å². The third-order valence-electron chi connectivity index (χ3n) is 5.54. The van der Waals surface area contributed by atoms with E-state index in [1.807, 2.05) is 6.92 Å². The van der Waals surface area contributed by atoms with Gasteiger partial charge in [-0.15, -0.1) is 34.5 Å². The molecular formula is C21H32Cl2NO7PS2. The zero-order valence-electron chi connectivity index (χ0n) is 19.5. The minimum absolute atomic E-state index is 0.0225. The molecule has 1 aromatic carbocycles. The van der Waals surface area contributed by atoms with Gasteiger partial charge < -0.3 is 19.3 Å². The predicted molar refractivity (Wildman–Crippen MR) is 139 cm³/mol. The molecule has 1 aromatic heterocycles. The maximum atomic E-state index is 13.4. The Morgan fingerprint density at radius 1 is 1.03 bits per heavy atom. The van der Waals surface area contributed by atoms with Crippen LogP contribution in [0.3, 0.4) is 0 Å². The SMILES string of the molecule is CCc1c(S(=O)(=O)NC(CC)(CC)P(=O)(O)O)sc2cc(OCCCCl)c(OCCCCl)cc12. The molecule has 0 fully saturated rings. The van der Waals surface area contributed by atoms with Gasteiger partial charge in [0.1, 0.15) is 9.49 Å². The summed E-state index contributed by atoms with van der Waals surface area (Å²) in [6.07, 6.45) is 1.54. The third-order valence-corrected chi connectivity index (χ3v) is 11.4. The van der Waals surface area contributed by atoms with Crippen molar-refractivity contribution >= 4 is 62.2 Å². The molecule has 2 aromatic rings. The van der Waals surface area contributed by atoms with E-state index >= 15 is 0 Å². The van der Waals surface area contributed by atoms with Gasteiger partial charge in [-0.1, -0.05) is 20.8 Å². The highest BCUT2D eigenvalue weighted by Gasteiger charge is 2.47. The van der Waals surface area contributed by atoms with Crippen LogP contribution in [0.15, 0.2) is 16.3 Å². The fourth-order valence-electron chi connectivity index (χ4n) is 3.55. The van der Waals surface area contributed by atoms with Crippen molar-refractivity contribution in [2.24, 2.45) is 0 Å². The molecule has 0 unspecified atom stereocenters. The predicted octanol–water partition coefficient (Wildman–Crippen LogP) is 5.45. The standard InChI is InChI=1S/C21H32Cl2NO7PS2/c1-4-15-16-13-17(30-11-7-9-22)18(31-12-8-10-23)14-19(16)33-20(15)34(28,29)24-21(5-2,6-3)32(25,26)27/h13-14,24H,4-12H2,1-3H3,(H2,25,26,27). The minimum Gasteiger partial charge on any atom is -0.490 e. The summed E-state index contributed by atoms with van der Waals surface area (Å²) in [5.74, 6) is 1.82. The molecule has 0 spiro atoms. The van der Waals surface area contributed by atoms with Crippen LogP contribution in [0.2, 0.25) is 0 Å². The maximum Gasteiger partial charge on any atom is 0.346 e. The molecule has 34 heavy (non-hydrogen) atoms. The first kappa shape index (κ1) is 29.6. The lowest BCUT2D eigenvalue weighted by molar-refractivity contribution is 0.270. The lowest BCUT2D eigenvalue weighted by atomic mass is 10.1. The summed E-state index contributed by atoms with van der Waals surface area (Å²) in [6.45, 7) is 5.67. The van der Waals surface area contributed by atoms with Crippen LogP contribution in [-0.2, 0) is 21.0 Å². The number of hydrogen-bond acceptors (Lipinski definition) is 6. The number of aryl methyl sites for hydroxylation is 1. The van der Waals surface area contributed by atoms with Gasteiger partial charge in [-0.3, -0.25) is 4.57 Å². The van der Waals surface area contributed by atoms with Crippen LogP contribution in [0.4, 0.5) is 0 Å². The highest BCUT2D eigenvalue weighted by atomic mass is 35.5. The zero-order valence-corrected chi connectivity index (χ0v) is 23.5. The molecule has 1 heterocycles. The van der Waals surface area contributed by atoms with Gasteiger partial charge in [0.15, 0.2) is 11.5 Å². The molecule has 0 amide bonds. The van der Waals surface area contributed by atoms with Crippen molar-refractivity contribution in [2.75, 3.05) is 25.0 Å². The monoisotopic (exact) mass is 575 g/mol. The molecule has 194 valence electrons. The highest BCUT2D eigenvalue weighted by molar-refractivity contribution is 7.92. The Morgan fingerprint density at radius 2 is 1.56 bits per heavy atom. The van der Waals surface area contributed by atoms with Gasteiger partial charge in [-0.2, -0.15) is 4.72 Å². The minimum atomic E-state index is -4.78. The van der Waals surface area contributed by atoms with E-state index in [1.54, 1.807) is 26.0 Å². The van der Waals surface area contributed by atoms with Crippen LogP contribution in [-0.4, -0.2) is 48.5 Å². The van der Waals surface area contributed by atoms with E-state index in [4.69, 9.17) is 32.7 Å². The van der Waals surface area contributed by atoms with Gasteiger partial charge in [0.2, 0.25) is 0 Å². The molecule has 13 heteroatoms. The first-order valence-corrected chi connectivity index (χ1v) is 16.0.